The highest BCUT2D eigenvalue weighted by Crippen LogP contribution is 2.43. The molecule has 13 aromatic rings. The Balaban J connectivity index is 1.18. The maximum atomic E-state index is 5.39. The van der Waals surface area contributed by atoms with E-state index in [1.165, 1.54) is 48.9 Å². The first kappa shape index (κ1) is 29.8. The zero-order chi connectivity index (χ0) is 36.5. The normalized spacial score (nSPS) is 12.3. The highest BCUT2D eigenvalue weighted by atomic mass is 15.2. The van der Waals surface area contributed by atoms with Gasteiger partial charge >= 0.3 is 0 Å². The Kier molecular flexibility index (Phi) is 5.83. The van der Waals surface area contributed by atoms with Crippen LogP contribution < -0.4 is 0 Å². The van der Waals surface area contributed by atoms with Gasteiger partial charge in [-0.2, -0.15) is 9.97 Å². The monoisotopic (exact) mass is 711 g/mol. The van der Waals surface area contributed by atoms with Gasteiger partial charge in [-0.15, -0.1) is 0 Å². The third kappa shape index (κ3) is 3.95. The summed E-state index contributed by atoms with van der Waals surface area (Å²) >= 11 is 0. The van der Waals surface area contributed by atoms with E-state index in [2.05, 4.69) is 185 Å². The predicted octanol–water partition coefficient (Wildman–Crippen LogP) is 12.9. The molecule has 0 radical (unpaired) electrons. The maximum Gasteiger partial charge on any atom is 0.238 e. The Labute approximate surface area is 319 Å². The molecular formula is C51H29N5. The molecule has 0 aliphatic carbocycles. The molecule has 0 aliphatic heterocycles. The van der Waals surface area contributed by atoms with E-state index in [-0.39, 0.29) is 0 Å². The average molecular weight is 712 g/mol. The highest BCUT2D eigenvalue weighted by molar-refractivity contribution is 6.28. The third-order valence-electron chi connectivity index (χ3n) is 11.9. The van der Waals surface area contributed by atoms with Crippen LogP contribution in [0.4, 0.5) is 0 Å². The molecule has 0 unspecified atom stereocenters. The fourth-order valence-electron chi connectivity index (χ4n) is 9.46. The van der Waals surface area contributed by atoms with E-state index in [9.17, 15) is 0 Å². The number of nitrogens with zero attached hydrogens (tertiary/aromatic N) is 5. The fraction of sp³-hybridized carbons (Fsp3) is 0. The zero-order valence-corrected chi connectivity index (χ0v) is 30.0. The Morgan fingerprint density at radius 1 is 0.304 bits per heavy atom. The Morgan fingerprint density at radius 3 is 1.50 bits per heavy atom. The van der Waals surface area contributed by atoms with Gasteiger partial charge in [-0.3, -0.25) is 4.57 Å². The van der Waals surface area contributed by atoms with Crippen LogP contribution in [0.15, 0.2) is 176 Å². The number of hydrogen-bond donors (Lipinski definition) is 0. The minimum atomic E-state index is 0.584. The first-order valence-corrected chi connectivity index (χ1v) is 19.0. The van der Waals surface area contributed by atoms with Crippen molar-refractivity contribution in [3.63, 3.8) is 0 Å². The molecule has 5 heteroatoms. The standard InChI is InChI=1S/C51H29N5/c1-3-16-33-30(12-1)14-9-22-40(33)49-52-50(41-23-10-15-31-13-2-4-17-34(31)41)54-51(53-49)55-44-24-7-6-19-36(44)43-28-32-26-27-39-38-21-11-20-37-35-18-5-8-25-45(35)56(47(37)38)48(39)42(32)29-46(43)55/h1-29H. The lowest BCUT2D eigenvalue weighted by molar-refractivity contribution is 0.955. The van der Waals surface area contributed by atoms with Gasteiger partial charge in [-0.05, 0) is 51.2 Å². The summed E-state index contributed by atoms with van der Waals surface area (Å²) in [7, 11) is 0. The minimum Gasteiger partial charge on any atom is -0.307 e. The van der Waals surface area contributed by atoms with Crippen molar-refractivity contribution in [3.8, 4) is 28.7 Å². The molecule has 0 aliphatic rings. The zero-order valence-electron chi connectivity index (χ0n) is 30.0. The molecule has 0 N–H and O–H groups in total. The lowest BCUT2D eigenvalue weighted by Gasteiger charge is -2.13. The first-order chi connectivity index (χ1) is 27.8. The van der Waals surface area contributed by atoms with Gasteiger partial charge in [0.05, 0.1) is 27.6 Å². The van der Waals surface area contributed by atoms with Gasteiger partial charge in [0.1, 0.15) is 0 Å². The summed E-state index contributed by atoms with van der Waals surface area (Å²) in [5.74, 6) is 1.86. The first-order valence-electron chi connectivity index (χ1n) is 19.0. The van der Waals surface area contributed by atoms with Crippen molar-refractivity contribution in [3.05, 3.63) is 176 Å². The number of benzene rings is 9. The van der Waals surface area contributed by atoms with E-state index in [1.807, 2.05) is 0 Å². The average Bonchev–Trinajstić information content (AvgIpc) is 3.90. The maximum absolute atomic E-state index is 5.39. The van der Waals surface area contributed by atoms with Crippen molar-refractivity contribution in [2.45, 2.75) is 0 Å². The van der Waals surface area contributed by atoms with E-state index in [0.29, 0.717) is 17.6 Å². The van der Waals surface area contributed by atoms with E-state index < -0.39 is 0 Å². The third-order valence-corrected chi connectivity index (χ3v) is 11.9. The molecule has 13 rings (SSSR count). The van der Waals surface area contributed by atoms with Crippen LogP contribution in [0.25, 0.3) is 121 Å². The highest BCUT2D eigenvalue weighted by Gasteiger charge is 2.23. The molecule has 0 saturated carbocycles. The molecule has 0 atom stereocenters. The summed E-state index contributed by atoms with van der Waals surface area (Å²) in [5, 5.41) is 14.3. The second-order valence-electron chi connectivity index (χ2n) is 14.8. The van der Waals surface area contributed by atoms with Crippen molar-refractivity contribution in [2.75, 3.05) is 0 Å². The molecule has 0 bridgehead atoms. The van der Waals surface area contributed by atoms with Crippen LogP contribution in [0.1, 0.15) is 0 Å². The predicted molar refractivity (Wildman–Crippen MR) is 232 cm³/mol. The van der Waals surface area contributed by atoms with Crippen molar-refractivity contribution in [2.24, 2.45) is 0 Å². The second-order valence-corrected chi connectivity index (χ2v) is 14.8. The van der Waals surface area contributed by atoms with E-state index in [1.54, 1.807) is 0 Å². The lowest BCUT2D eigenvalue weighted by Crippen LogP contribution is -2.06. The van der Waals surface area contributed by atoms with Crippen molar-refractivity contribution >= 4 is 92.2 Å². The molecule has 4 heterocycles. The van der Waals surface area contributed by atoms with Crippen LogP contribution >= 0.6 is 0 Å². The Morgan fingerprint density at radius 2 is 0.804 bits per heavy atom. The smallest absolute Gasteiger partial charge is 0.238 e. The van der Waals surface area contributed by atoms with Crippen LogP contribution in [0, 0.1) is 0 Å². The molecule has 258 valence electrons. The van der Waals surface area contributed by atoms with Gasteiger partial charge in [0.25, 0.3) is 0 Å². The molecule has 0 spiro atoms. The van der Waals surface area contributed by atoms with Crippen LogP contribution in [0.3, 0.4) is 0 Å². The number of rotatable bonds is 3. The van der Waals surface area contributed by atoms with Gasteiger partial charge in [-0.1, -0.05) is 152 Å². The van der Waals surface area contributed by atoms with E-state index in [0.717, 1.165) is 54.5 Å². The van der Waals surface area contributed by atoms with Crippen molar-refractivity contribution in [1.29, 1.82) is 0 Å². The molecule has 9 aromatic carbocycles. The van der Waals surface area contributed by atoms with Gasteiger partial charge in [-0.25, -0.2) is 4.98 Å². The molecule has 4 aromatic heterocycles. The molecule has 0 saturated heterocycles. The topological polar surface area (TPSA) is 48.0 Å². The fourth-order valence-corrected chi connectivity index (χ4v) is 9.46. The summed E-state index contributed by atoms with van der Waals surface area (Å²) in [5.41, 5.74) is 7.75. The number of aromatic nitrogens is 5. The van der Waals surface area contributed by atoms with Gasteiger partial charge < -0.3 is 4.40 Å². The Hall–Kier alpha value is -7.63. The molecular weight excluding hydrogens is 683 g/mol. The quantitative estimate of drug-likeness (QED) is 0.183. The molecule has 0 amide bonds. The van der Waals surface area contributed by atoms with Gasteiger partial charge in [0.2, 0.25) is 5.95 Å². The Bertz CT molecular complexity index is 3670. The summed E-state index contributed by atoms with van der Waals surface area (Å²) in [6, 6.07) is 63.0. The van der Waals surface area contributed by atoms with Crippen molar-refractivity contribution in [1.82, 2.24) is 23.9 Å². The largest absolute Gasteiger partial charge is 0.307 e. The number of para-hydroxylation sites is 3. The van der Waals surface area contributed by atoms with Crippen LogP contribution in [-0.4, -0.2) is 23.9 Å². The second kappa shape index (κ2) is 11.0. The minimum absolute atomic E-state index is 0.584. The molecule has 56 heavy (non-hydrogen) atoms. The van der Waals surface area contributed by atoms with Crippen LogP contribution in [0.5, 0.6) is 0 Å². The molecule has 5 nitrogen and oxygen atoms in total. The van der Waals surface area contributed by atoms with Crippen molar-refractivity contribution < 1.29 is 0 Å². The van der Waals surface area contributed by atoms with Crippen LogP contribution in [-0.2, 0) is 0 Å². The summed E-state index contributed by atoms with van der Waals surface area (Å²) in [4.78, 5) is 16.0. The summed E-state index contributed by atoms with van der Waals surface area (Å²) in [6.07, 6.45) is 0. The van der Waals surface area contributed by atoms with Gasteiger partial charge in [0, 0.05) is 48.8 Å². The van der Waals surface area contributed by atoms with E-state index in [4.69, 9.17) is 15.0 Å². The van der Waals surface area contributed by atoms with Gasteiger partial charge in [0.15, 0.2) is 11.6 Å². The number of fused-ring (bicyclic) bond motifs is 13. The molecule has 0 fully saturated rings. The van der Waals surface area contributed by atoms with E-state index >= 15 is 0 Å². The van der Waals surface area contributed by atoms with Crippen LogP contribution in [0.2, 0.25) is 0 Å². The summed E-state index contributed by atoms with van der Waals surface area (Å²) in [6.45, 7) is 0. The lowest BCUT2D eigenvalue weighted by atomic mass is 10.0. The summed E-state index contributed by atoms with van der Waals surface area (Å²) < 4.78 is 4.73. The SMILES string of the molecule is c1ccc2c(-c3nc(-c4cccc5ccccc45)nc(-n4c5ccccc5c5cc6ccc7c8cccc9c%10ccccc%10n(c7c6cc54)c98)n3)cccc2c1. The number of hydrogen-bond acceptors (Lipinski definition) is 3.